The molecule has 47 heavy (non-hydrogen) atoms. The van der Waals surface area contributed by atoms with Crippen LogP contribution >= 0.6 is 23.2 Å². The molecule has 0 radical (unpaired) electrons. The van der Waals surface area contributed by atoms with Gasteiger partial charge in [-0.05, 0) is 48.5 Å². The number of rotatable bonds is 4. The van der Waals surface area contributed by atoms with Crippen molar-refractivity contribution in [3.05, 3.63) is 164 Å². The summed E-state index contributed by atoms with van der Waals surface area (Å²) in [5.41, 5.74) is 3.32. The molecule has 0 unspecified atom stereocenters. The third kappa shape index (κ3) is 12.9. The summed E-state index contributed by atoms with van der Waals surface area (Å²) in [6, 6.07) is 29.6. The quantitative estimate of drug-likeness (QED) is 0.105. The molecule has 0 spiro atoms. The number of benzene rings is 2. The van der Waals surface area contributed by atoms with E-state index < -0.39 is 21.3 Å². The number of hydrogen-bond donors (Lipinski definition) is 0. The van der Waals surface area contributed by atoms with Crippen LogP contribution < -0.4 is 10.2 Å². The molecule has 6 aromatic rings. The van der Waals surface area contributed by atoms with Gasteiger partial charge in [-0.1, -0.05) is 71.1 Å². The topological polar surface area (TPSA) is 184 Å². The maximum atomic E-state index is 10.6. The molecular weight excluding hydrogens is 701 g/mol. The maximum absolute atomic E-state index is 10.6. The van der Waals surface area contributed by atoms with Crippen molar-refractivity contribution in [1.29, 1.82) is 0 Å². The van der Waals surface area contributed by atoms with Crippen LogP contribution in [0.1, 0.15) is 0 Å². The molecule has 0 amide bonds. The first-order chi connectivity index (χ1) is 22.2. The van der Waals surface area contributed by atoms with Crippen LogP contribution in [0, 0.1) is 20.2 Å². The van der Waals surface area contributed by atoms with Crippen molar-refractivity contribution in [3.63, 3.8) is 0 Å². The van der Waals surface area contributed by atoms with Gasteiger partial charge in [0, 0.05) is 59.1 Å². The Morgan fingerprint density at radius 1 is 0.468 bits per heavy atom. The Hall–Kier alpha value is -5.36. The molecule has 0 saturated heterocycles. The second-order valence-electron chi connectivity index (χ2n) is 8.60. The molecule has 0 fully saturated rings. The third-order valence-electron chi connectivity index (χ3n) is 5.44. The van der Waals surface area contributed by atoms with E-state index in [1.54, 1.807) is 24.8 Å². The fourth-order valence-electron chi connectivity index (χ4n) is 3.26. The molecule has 0 saturated carbocycles. The van der Waals surface area contributed by atoms with E-state index in [0.29, 0.717) is 0 Å². The summed E-state index contributed by atoms with van der Waals surface area (Å²) in [6.45, 7) is 0. The second kappa shape index (κ2) is 19.9. The van der Waals surface area contributed by atoms with Crippen LogP contribution in [0.2, 0.25) is 10.0 Å². The van der Waals surface area contributed by atoms with Crippen LogP contribution in [-0.2, 0) is 19.5 Å². The average Bonchev–Trinajstić information content (AvgIpc) is 3.09. The van der Waals surface area contributed by atoms with Crippen LogP contribution in [-0.4, -0.2) is 29.8 Å². The van der Waals surface area contributed by atoms with Gasteiger partial charge in [0.05, 0.1) is 32.6 Å². The number of hydrogen-bond acceptors (Lipinski definition) is 10. The number of aromatic nitrogens is 4. The van der Waals surface area contributed by atoms with E-state index in [1.165, 1.54) is 0 Å². The zero-order valence-corrected chi connectivity index (χ0v) is 28.8. The van der Waals surface area contributed by atoms with Crippen molar-refractivity contribution in [2.24, 2.45) is 0 Å². The van der Waals surface area contributed by atoms with Gasteiger partial charge in [-0.25, -0.2) is 0 Å². The minimum absolute atomic E-state index is 0. The van der Waals surface area contributed by atoms with Crippen LogP contribution in [0.25, 0.3) is 22.8 Å². The van der Waals surface area contributed by atoms with Crippen LogP contribution in [0.4, 0.5) is 11.4 Å². The molecule has 0 aliphatic heterocycles. The summed E-state index contributed by atoms with van der Waals surface area (Å²) >= 11 is 10.7. The molecule has 0 aliphatic carbocycles. The van der Waals surface area contributed by atoms with Crippen LogP contribution in [0.3, 0.4) is 0 Å². The Balaban J connectivity index is 0.000000217. The standard InChI is InChI=1S/2C10H8N2.2C6H4ClNO3.Zn/c2*1-3-7-11-9(5-1)10-6-2-4-8-12-10;2*7-5-3-4(8(10)11)1-2-6(5)9;/h2*1-8H;2*1-3,9H;/q;;;;+2/p-2. The average molecular weight is 723 g/mol. The van der Waals surface area contributed by atoms with Gasteiger partial charge in [0.25, 0.3) is 11.4 Å². The zero-order chi connectivity index (χ0) is 33.3. The molecule has 6 rings (SSSR count). The second-order valence-corrected chi connectivity index (χ2v) is 9.42. The first-order valence-corrected chi connectivity index (χ1v) is 13.8. The number of nitrogens with zero attached hydrogens (tertiary/aromatic N) is 6. The minimum Gasteiger partial charge on any atom is -0.871 e. The summed E-state index contributed by atoms with van der Waals surface area (Å²) < 4.78 is 0. The van der Waals surface area contributed by atoms with Crippen LogP contribution in [0.5, 0.6) is 11.5 Å². The molecule has 0 aliphatic rings. The van der Waals surface area contributed by atoms with E-state index in [-0.39, 0.29) is 40.9 Å². The summed E-state index contributed by atoms with van der Waals surface area (Å²) in [5, 5.41) is 41.2. The van der Waals surface area contributed by atoms with Crippen molar-refractivity contribution in [2.45, 2.75) is 0 Å². The zero-order valence-electron chi connectivity index (χ0n) is 24.3. The Labute approximate surface area is 291 Å². The summed E-state index contributed by atoms with van der Waals surface area (Å²) in [4.78, 5) is 35.8. The van der Waals surface area contributed by atoms with Crippen molar-refractivity contribution < 1.29 is 39.5 Å². The first kappa shape index (κ1) is 37.8. The molecule has 4 aromatic heterocycles. The fourth-order valence-corrected chi connectivity index (χ4v) is 3.61. The van der Waals surface area contributed by atoms with E-state index in [1.807, 2.05) is 72.8 Å². The van der Waals surface area contributed by atoms with Crippen molar-refractivity contribution >= 4 is 34.6 Å². The molecule has 12 nitrogen and oxygen atoms in total. The Bertz CT molecular complexity index is 1630. The van der Waals surface area contributed by atoms with Gasteiger partial charge in [-0.15, -0.1) is 0 Å². The van der Waals surface area contributed by atoms with E-state index in [4.69, 9.17) is 23.2 Å². The normalized spacial score (nSPS) is 9.40. The van der Waals surface area contributed by atoms with Gasteiger partial charge in [0.1, 0.15) is 0 Å². The first-order valence-electron chi connectivity index (χ1n) is 13.0. The van der Waals surface area contributed by atoms with Crippen molar-refractivity contribution in [2.75, 3.05) is 0 Å². The summed E-state index contributed by atoms with van der Waals surface area (Å²) in [6.07, 6.45) is 7.07. The number of nitro benzene ring substituents is 2. The number of nitro groups is 2. The Morgan fingerprint density at radius 3 is 0.936 bits per heavy atom. The predicted molar refractivity (Wildman–Crippen MR) is 170 cm³/mol. The molecule has 0 bridgehead atoms. The van der Waals surface area contributed by atoms with E-state index in [0.717, 1.165) is 59.2 Å². The molecule has 232 valence electrons. The number of halogens is 2. The smallest absolute Gasteiger partial charge is 0.871 e. The van der Waals surface area contributed by atoms with Gasteiger partial charge in [0.2, 0.25) is 0 Å². The van der Waals surface area contributed by atoms with Gasteiger partial charge < -0.3 is 10.2 Å². The van der Waals surface area contributed by atoms with Crippen molar-refractivity contribution in [1.82, 2.24) is 19.9 Å². The number of non-ortho nitro benzene ring substituents is 2. The number of pyridine rings is 4. The van der Waals surface area contributed by atoms with Gasteiger partial charge in [-0.3, -0.25) is 40.2 Å². The van der Waals surface area contributed by atoms with Crippen LogP contribution in [0.15, 0.2) is 134 Å². The molecular formula is C32H22Cl2N6O6Zn. The Kier molecular flexibility index (Phi) is 16.0. The Morgan fingerprint density at radius 2 is 0.745 bits per heavy atom. The molecule has 0 atom stereocenters. The summed E-state index contributed by atoms with van der Waals surface area (Å²) in [5.74, 6) is -0.811. The third-order valence-corrected chi connectivity index (χ3v) is 6.03. The van der Waals surface area contributed by atoms with Gasteiger partial charge >= 0.3 is 19.5 Å². The fraction of sp³-hybridized carbons (Fsp3) is 0. The van der Waals surface area contributed by atoms with E-state index in [9.17, 15) is 30.4 Å². The van der Waals surface area contributed by atoms with Crippen molar-refractivity contribution in [3.8, 4) is 34.3 Å². The molecule has 0 N–H and O–H groups in total. The maximum Gasteiger partial charge on any atom is 2.00 e. The van der Waals surface area contributed by atoms with E-state index >= 15 is 0 Å². The molecule has 15 heteroatoms. The summed E-state index contributed by atoms with van der Waals surface area (Å²) in [7, 11) is 0. The molecule has 4 heterocycles. The van der Waals surface area contributed by atoms with E-state index in [2.05, 4.69) is 19.9 Å². The largest absolute Gasteiger partial charge is 2.00 e. The van der Waals surface area contributed by atoms with Gasteiger partial charge in [0.15, 0.2) is 0 Å². The predicted octanol–water partition coefficient (Wildman–Crippen LogP) is 6.93. The SMILES string of the molecule is O=[N+]([O-])c1ccc([O-])c(Cl)c1.O=[N+]([O-])c1ccc([O-])c(Cl)c1.[Zn+2].c1ccc(-c2ccccn2)nc1.c1ccc(-c2ccccn2)nc1. The molecule has 2 aromatic carbocycles. The minimum atomic E-state index is -0.606. The monoisotopic (exact) mass is 720 g/mol. The van der Waals surface area contributed by atoms with Gasteiger partial charge in [-0.2, -0.15) is 0 Å².